The first kappa shape index (κ1) is 22.1. The fraction of sp³-hybridized carbons (Fsp3) is 0.586. The van der Waals surface area contributed by atoms with Crippen molar-refractivity contribution in [3.8, 4) is 11.1 Å². The molecule has 0 saturated heterocycles. The van der Waals surface area contributed by atoms with Crippen LogP contribution in [0.25, 0.3) is 11.1 Å². The van der Waals surface area contributed by atoms with E-state index in [0.29, 0.717) is 0 Å². The SMILES string of the molecule is CCCCCc1ccc(-c2ccc(CCC3CCC(CCC)CC3C)cc2)cc1. The molecule has 1 fully saturated rings. The highest BCUT2D eigenvalue weighted by Gasteiger charge is 2.26. The fourth-order valence-corrected chi connectivity index (χ4v) is 5.33. The predicted octanol–water partition coefficient (Wildman–Crippen LogP) is 8.87. The smallest absolute Gasteiger partial charge is 0.0184 e. The number of unbranched alkanes of at least 4 members (excludes halogenated alkanes) is 2. The van der Waals surface area contributed by atoms with Gasteiger partial charge in [-0.25, -0.2) is 0 Å². The van der Waals surface area contributed by atoms with Crippen molar-refractivity contribution in [2.45, 2.75) is 91.4 Å². The van der Waals surface area contributed by atoms with Gasteiger partial charge < -0.3 is 0 Å². The molecule has 0 nitrogen and oxygen atoms in total. The average Bonchev–Trinajstić information content (AvgIpc) is 2.75. The molecule has 0 heterocycles. The molecule has 0 aliphatic heterocycles. The van der Waals surface area contributed by atoms with Crippen LogP contribution in [0.5, 0.6) is 0 Å². The molecule has 0 radical (unpaired) electrons. The number of hydrogen-bond acceptors (Lipinski definition) is 0. The van der Waals surface area contributed by atoms with Crippen LogP contribution in [0.15, 0.2) is 48.5 Å². The summed E-state index contributed by atoms with van der Waals surface area (Å²) in [6, 6.07) is 18.6. The van der Waals surface area contributed by atoms with Crippen LogP contribution in [0.3, 0.4) is 0 Å². The summed E-state index contributed by atoms with van der Waals surface area (Å²) < 4.78 is 0. The zero-order valence-corrected chi connectivity index (χ0v) is 19.1. The monoisotopic (exact) mass is 390 g/mol. The molecule has 1 aliphatic carbocycles. The molecule has 3 atom stereocenters. The third-order valence-corrected chi connectivity index (χ3v) is 7.27. The van der Waals surface area contributed by atoms with Crippen molar-refractivity contribution in [1.29, 1.82) is 0 Å². The van der Waals surface area contributed by atoms with E-state index in [1.165, 1.54) is 92.9 Å². The van der Waals surface area contributed by atoms with Crippen LogP contribution in [0.2, 0.25) is 0 Å². The lowest BCUT2D eigenvalue weighted by molar-refractivity contribution is 0.177. The first-order valence-electron chi connectivity index (χ1n) is 12.4. The number of rotatable bonds is 10. The maximum atomic E-state index is 2.50. The highest BCUT2D eigenvalue weighted by Crippen LogP contribution is 2.38. The molecule has 1 aliphatic rings. The van der Waals surface area contributed by atoms with E-state index in [1.54, 1.807) is 0 Å². The van der Waals surface area contributed by atoms with Gasteiger partial charge in [0.25, 0.3) is 0 Å². The summed E-state index contributed by atoms with van der Waals surface area (Å²) in [7, 11) is 0. The molecule has 0 N–H and O–H groups in total. The minimum Gasteiger partial charge on any atom is -0.0654 e. The molecule has 158 valence electrons. The minimum absolute atomic E-state index is 0.912. The van der Waals surface area contributed by atoms with Crippen LogP contribution < -0.4 is 0 Å². The first-order chi connectivity index (χ1) is 14.2. The van der Waals surface area contributed by atoms with Gasteiger partial charge in [0.05, 0.1) is 0 Å². The van der Waals surface area contributed by atoms with E-state index in [1.807, 2.05) is 0 Å². The zero-order chi connectivity index (χ0) is 20.5. The van der Waals surface area contributed by atoms with Crippen molar-refractivity contribution in [1.82, 2.24) is 0 Å². The third-order valence-electron chi connectivity index (χ3n) is 7.27. The summed E-state index contributed by atoms with van der Waals surface area (Å²) in [6.45, 7) is 7.11. The zero-order valence-electron chi connectivity index (χ0n) is 19.1. The quantitative estimate of drug-likeness (QED) is 0.355. The van der Waals surface area contributed by atoms with Gasteiger partial charge in [-0.05, 0) is 78.5 Å². The molecule has 29 heavy (non-hydrogen) atoms. The molecule has 0 spiro atoms. The second kappa shape index (κ2) is 11.6. The molecular formula is C29H42. The van der Waals surface area contributed by atoms with Crippen LogP contribution in [-0.2, 0) is 12.8 Å². The van der Waals surface area contributed by atoms with Crippen molar-refractivity contribution in [3.63, 3.8) is 0 Å². The average molecular weight is 391 g/mol. The van der Waals surface area contributed by atoms with Crippen LogP contribution in [0.4, 0.5) is 0 Å². The van der Waals surface area contributed by atoms with E-state index in [4.69, 9.17) is 0 Å². The van der Waals surface area contributed by atoms with Crippen LogP contribution in [-0.4, -0.2) is 0 Å². The molecule has 2 aromatic rings. The Morgan fingerprint density at radius 2 is 1.31 bits per heavy atom. The standard InChI is InChI=1S/C29H42/c1-4-6-7-9-24-11-18-28(19-12-24)29-20-13-25(14-21-29)10-16-27-17-15-26(8-5-2)22-23(27)3/h11-14,18-21,23,26-27H,4-10,15-17,22H2,1-3H3. The van der Waals surface area contributed by atoms with Crippen molar-refractivity contribution in [3.05, 3.63) is 59.7 Å². The minimum atomic E-state index is 0.912. The molecule has 3 rings (SSSR count). The van der Waals surface area contributed by atoms with E-state index < -0.39 is 0 Å². The van der Waals surface area contributed by atoms with Gasteiger partial charge in [0, 0.05) is 0 Å². The van der Waals surface area contributed by atoms with Gasteiger partial charge in [-0.3, -0.25) is 0 Å². The lowest BCUT2D eigenvalue weighted by Crippen LogP contribution is -2.23. The lowest BCUT2D eigenvalue weighted by Gasteiger charge is -2.34. The Balaban J connectivity index is 1.49. The first-order valence-corrected chi connectivity index (χ1v) is 12.4. The maximum absolute atomic E-state index is 2.50. The number of aryl methyl sites for hydroxylation is 2. The molecular weight excluding hydrogens is 348 g/mol. The molecule has 1 saturated carbocycles. The molecule has 0 amide bonds. The van der Waals surface area contributed by atoms with Crippen molar-refractivity contribution >= 4 is 0 Å². The lowest BCUT2D eigenvalue weighted by atomic mass is 9.72. The number of benzene rings is 2. The van der Waals surface area contributed by atoms with Gasteiger partial charge in [0.1, 0.15) is 0 Å². The largest absolute Gasteiger partial charge is 0.0654 e. The summed E-state index contributed by atoms with van der Waals surface area (Å²) in [5.74, 6) is 2.85. The van der Waals surface area contributed by atoms with Gasteiger partial charge in [0.15, 0.2) is 0 Å². The second-order valence-corrected chi connectivity index (χ2v) is 9.59. The van der Waals surface area contributed by atoms with Crippen molar-refractivity contribution in [2.75, 3.05) is 0 Å². The molecule has 3 unspecified atom stereocenters. The normalized spacial score (nSPS) is 22.0. The maximum Gasteiger partial charge on any atom is -0.0184 e. The van der Waals surface area contributed by atoms with E-state index in [0.717, 1.165) is 17.8 Å². The number of hydrogen-bond donors (Lipinski definition) is 0. The Hall–Kier alpha value is -1.56. The molecule has 2 aromatic carbocycles. The van der Waals surface area contributed by atoms with Gasteiger partial charge in [-0.1, -0.05) is 101 Å². The molecule has 0 heteroatoms. The van der Waals surface area contributed by atoms with E-state index in [9.17, 15) is 0 Å². The Bertz CT molecular complexity index is 694. The topological polar surface area (TPSA) is 0 Å². The van der Waals surface area contributed by atoms with E-state index in [-0.39, 0.29) is 0 Å². The summed E-state index contributed by atoms with van der Waals surface area (Å²) >= 11 is 0. The van der Waals surface area contributed by atoms with Crippen molar-refractivity contribution in [2.24, 2.45) is 17.8 Å². The van der Waals surface area contributed by atoms with Crippen molar-refractivity contribution < 1.29 is 0 Å². The van der Waals surface area contributed by atoms with Crippen LogP contribution in [0.1, 0.15) is 89.7 Å². The molecule has 0 bridgehead atoms. The van der Waals surface area contributed by atoms with Gasteiger partial charge in [0.2, 0.25) is 0 Å². The Labute approximate surface area is 180 Å². The highest BCUT2D eigenvalue weighted by molar-refractivity contribution is 5.63. The van der Waals surface area contributed by atoms with Crippen LogP contribution >= 0.6 is 0 Å². The fourth-order valence-electron chi connectivity index (χ4n) is 5.33. The van der Waals surface area contributed by atoms with Crippen LogP contribution in [0, 0.1) is 17.8 Å². The summed E-state index contributed by atoms with van der Waals surface area (Å²) in [4.78, 5) is 0. The van der Waals surface area contributed by atoms with Gasteiger partial charge in [-0.15, -0.1) is 0 Å². The Morgan fingerprint density at radius 3 is 1.86 bits per heavy atom. The Morgan fingerprint density at radius 1 is 0.690 bits per heavy atom. The predicted molar refractivity (Wildman–Crippen MR) is 128 cm³/mol. The van der Waals surface area contributed by atoms with Gasteiger partial charge in [-0.2, -0.15) is 0 Å². The summed E-state index contributed by atoms with van der Waals surface area (Å²) in [6.07, 6.45) is 14.9. The van der Waals surface area contributed by atoms with E-state index in [2.05, 4.69) is 69.3 Å². The Kier molecular flexibility index (Phi) is 8.84. The second-order valence-electron chi connectivity index (χ2n) is 9.59. The third kappa shape index (κ3) is 6.73. The van der Waals surface area contributed by atoms with E-state index >= 15 is 0 Å². The van der Waals surface area contributed by atoms with Gasteiger partial charge >= 0.3 is 0 Å². The summed E-state index contributed by atoms with van der Waals surface area (Å²) in [5, 5.41) is 0. The highest BCUT2D eigenvalue weighted by atomic mass is 14.3. The summed E-state index contributed by atoms with van der Waals surface area (Å²) in [5.41, 5.74) is 5.68. The molecule has 0 aromatic heterocycles.